The fourth-order valence-corrected chi connectivity index (χ4v) is 1.55. The molecule has 0 spiro atoms. The third-order valence-electron chi connectivity index (χ3n) is 2.37. The first kappa shape index (κ1) is 9.71. The third-order valence-corrected chi connectivity index (χ3v) is 2.37. The molecule has 1 aromatic heterocycles. The molecule has 15 heavy (non-hydrogen) atoms. The minimum absolute atomic E-state index is 0.685. The van der Waals surface area contributed by atoms with E-state index in [1.165, 1.54) is 0 Å². The summed E-state index contributed by atoms with van der Waals surface area (Å²) in [7, 11) is 0. The van der Waals surface area contributed by atoms with Crippen molar-refractivity contribution in [3.8, 4) is 0 Å². The molecule has 1 heterocycles. The van der Waals surface area contributed by atoms with Crippen LogP contribution in [0.2, 0.25) is 0 Å². The molecular weight excluding hydrogens is 186 g/mol. The molecule has 0 radical (unpaired) electrons. The Hall–Kier alpha value is -1.83. The third kappa shape index (κ3) is 2.34. The summed E-state index contributed by atoms with van der Waals surface area (Å²) < 4.78 is 0.947. The molecule has 2 heteroatoms. The van der Waals surface area contributed by atoms with Gasteiger partial charge >= 0.3 is 0 Å². The van der Waals surface area contributed by atoms with Crippen molar-refractivity contribution in [1.82, 2.24) is 0 Å². The minimum Gasteiger partial charge on any atom is -0.618 e. The molecule has 0 fully saturated rings. The Morgan fingerprint density at radius 2 is 1.80 bits per heavy atom. The standard InChI is InChI=1S/C13H13NO/c1-11-7-8-13(14(15)10-11)9-12-5-3-2-4-6-12/h2-8,10H,9H2,1H3. The number of benzene rings is 1. The zero-order valence-electron chi connectivity index (χ0n) is 8.68. The Bertz CT molecular complexity index is 451. The van der Waals surface area contributed by atoms with E-state index in [0.717, 1.165) is 21.6 Å². The Morgan fingerprint density at radius 1 is 1.07 bits per heavy atom. The highest BCUT2D eigenvalue weighted by Gasteiger charge is 2.05. The van der Waals surface area contributed by atoms with Gasteiger partial charge in [-0.15, -0.1) is 0 Å². The van der Waals surface area contributed by atoms with Crippen molar-refractivity contribution < 1.29 is 4.73 Å². The molecule has 0 atom stereocenters. The summed E-state index contributed by atoms with van der Waals surface area (Å²) in [5, 5.41) is 11.6. The molecule has 0 unspecified atom stereocenters. The average molecular weight is 199 g/mol. The molecule has 0 aliphatic heterocycles. The van der Waals surface area contributed by atoms with E-state index in [4.69, 9.17) is 0 Å². The van der Waals surface area contributed by atoms with Crippen LogP contribution in [0.3, 0.4) is 0 Å². The van der Waals surface area contributed by atoms with Crippen molar-refractivity contribution in [2.45, 2.75) is 13.3 Å². The van der Waals surface area contributed by atoms with Crippen LogP contribution >= 0.6 is 0 Å². The summed E-state index contributed by atoms with van der Waals surface area (Å²) in [6.45, 7) is 1.92. The van der Waals surface area contributed by atoms with Gasteiger partial charge in [0.15, 0.2) is 11.9 Å². The molecule has 0 aliphatic carbocycles. The number of rotatable bonds is 2. The highest BCUT2D eigenvalue weighted by atomic mass is 16.5. The van der Waals surface area contributed by atoms with E-state index in [1.54, 1.807) is 6.20 Å². The molecular formula is C13H13NO. The fourth-order valence-electron chi connectivity index (χ4n) is 1.55. The van der Waals surface area contributed by atoms with E-state index in [2.05, 4.69) is 0 Å². The Kier molecular flexibility index (Phi) is 2.68. The highest BCUT2D eigenvalue weighted by molar-refractivity contribution is 5.20. The van der Waals surface area contributed by atoms with Gasteiger partial charge in [0, 0.05) is 11.6 Å². The summed E-state index contributed by atoms with van der Waals surface area (Å²) in [5.74, 6) is 0. The van der Waals surface area contributed by atoms with Gasteiger partial charge in [-0.1, -0.05) is 30.3 Å². The van der Waals surface area contributed by atoms with E-state index in [-0.39, 0.29) is 0 Å². The quantitative estimate of drug-likeness (QED) is 0.538. The van der Waals surface area contributed by atoms with Crippen LogP contribution in [0, 0.1) is 12.1 Å². The van der Waals surface area contributed by atoms with Crippen LogP contribution in [0.1, 0.15) is 16.8 Å². The molecule has 0 amide bonds. The number of hydrogen-bond acceptors (Lipinski definition) is 1. The van der Waals surface area contributed by atoms with Crippen LogP contribution < -0.4 is 4.73 Å². The van der Waals surface area contributed by atoms with Crippen molar-refractivity contribution in [3.05, 3.63) is 70.7 Å². The van der Waals surface area contributed by atoms with Crippen LogP contribution in [-0.4, -0.2) is 0 Å². The van der Waals surface area contributed by atoms with Crippen molar-refractivity contribution in [2.75, 3.05) is 0 Å². The lowest BCUT2D eigenvalue weighted by Crippen LogP contribution is -2.31. The molecule has 1 aromatic carbocycles. The summed E-state index contributed by atoms with van der Waals surface area (Å²) >= 11 is 0. The predicted molar refractivity (Wildman–Crippen MR) is 59.4 cm³/mol. The lowest BCUT2D eigenvalue weighted by atomic mass is 10.1. The first-order valence-corrected chi connectivity index (χ1v) is 4.98. The van der Waals surface area contributed by atoms with Gasteiger partial charge in [-0.3, -0.25) is 0 Å². The lowest BCUT2D eigenvalue weighted by molar-refractivity contribution is -0.613. The first-order chi connectivity index (χ1) is 7.25. The zero-order chi connectivity index (χ0) is 10.7. The Labute approximate surface area is 89.4 Å². The van der Waals surface area contributed by atoms with Crippen LogP contribution in [-0.2, 0) is 6.42 Å². The molecule has 2 rings (SSSR count). The fraction of sp³-hybridized carbons (Fsp3) is 0.154. The largest absolute Gasteiger partial charge is 0.618 e. The van der Waals surface area contributed by atoms with Gasteiger partial charge < -0.3 is 5.21 Å². The van der Waals surface area contributed by atoms with Crippen molar-refractivity contribution >= 4 is 0 Å². The van der Waals surface area contributed by atoms with Gasteiger partial charge in [-0.05, 0) is 18.6 Å². The van der Waals surface area contributed by atoms with Crippen LogP contribution in [0.4, 0.5) is 0 Å². The Morgan fingerprint density at radius 3 is 2.47 bits per heavy atom. The maximum Gasteiger partial charge on any atom is 0.197 e. The number of hydrogen-bond donors (Lipinski definition) is 0. The number of pyridine rings is 1. The summed E-state index contributed by atoms with van der Waals surface area (Å²) in [5.41, 5.74) is 2.93. The van der Waals surface area contributed by atoms with E-state index >= 15 is 0 Å². The van der Waals surface area contributed by atoms with Gasteiger partial charge in [0.1, 0.15) is 0 Å². The molecule has 76 valence electrons. The molecule has 2 aromatic rings. The maximum atomic E-state index is 11.6. The van der Waals surface area contributed by atoms with Crippen LogP contribution in [0.25, 0.3) is 0 Å². The average Bonchev–Trinajstić information content (AvgIpc) is 2.24. The Balaban J connectivity index is 2.25. The van der Waals surface area contributed by atoms with E-state index in [0.29, 0.717) is 6.42 Å². The highest BCUT2D eigenvalue weighted by Crippen LogP contribution is 2.06. The second kappa shape index (κ2) is 4.13. The summed E-state index contributed by atoms with van der Waals surface area (Å²) in [4.78, 5) is 0. The van der Waals surface area contributed by atoms with E-state index in [9.17, 15) is 5.21 Å². The minimum atomic E-state index is 0.685. The van der Waals surface area contributed by atoms with Crippen LogP contribution in [0.15, 0.2) is 48.7 Å². The monoisotopic (exact) mass is 199 g/mol. The smallest absolute Gasteiger partial charge is 0.197 e. The number of nitrogens with zero attached hydrogens (tertiary/aromatic N) is 1. The first-order valence-electron chi connectivity index (χ1n) is 4.98. The molecule has 2 nitrogen and oxygen atoms in total. The molecule has 0 bridgehead atoms. The molecule has 0 saturated heterocycles. The maximum absolute atomic E-state index is 11.6. The van der Waals surface area contributed by atoms with Crippen molar-refractivity contribution in [1.29, 1.82) is 0 Å². The van der Waals surface area contributed by atoms with Crippen molar-refractivity contribution in [2.24, 2.45) is 0 Å². The van der Waals surface area contributed by atoms with Crippen molar-refractivity contribution in [3.63, 3.8) is 0 Å². The SMILES string of the molecule is Cc1ccc(Cc2ccccc2)[n+]([O-])c1. The van der Waals surface area contributed by atoms with E-state index < -0.39 is 0 Å². The summed E-state index contributed by atoms with van der Waals surface area (Å²) in [6.07, 6.45) is 2.29. The second-order valence-electron chi connectivity index (χ2n) is 3.69. The predicted octanol–water partition coefficient (Wildman–Crippen LogP) is 2.22. The van der Waals surface area contributed by atoms with Gasteiger partial charge in [-0.2, -0.15) is 4.73 Å². The zero-order valence-corrected chi connectivity index (χ0v) is 8.68. The topological polar surface area (TPSA) is 26.9 Å². The van der Waals surface area contributed by atoms with Gasteiger partial charge in [0.05, 0.1) is 6.42 Å². The number of aromatic nitrogens is 1. The molecule has 0 N–H and O–H groups in total. The van der Waals surface area contributed by atoms with Gasteiger partial charge in [0.25, 0.3) is 0 Å². The molecule has 0 aliphatic rings. The van der Waals surface area contributed by atoms with Gasteiger partial charge in [-0.25, -0.2) is 0 Å². The number of aryl methyl sites for hydroxylation is 1. The normalized spacial score (nSPS) is 10.2. The van der Waals surface area contributed by atoms with Gasteiger partial charge in [0.2, 0.25) is 0 Å². The second-order valence-corrected chi connectivity index (χ2v) is 3.69. The lowest BCUT2D eigenvalue weighted by Gasteiger charge is -2.04. The summed E-state index contributed by atoms with van der Waals surface area (Å²) in [6, 6.07) is 13.9. The van der Waals surface area contributed by atoms with E-state index in [1.807, 2.05) is 49.4 Å². The molecule has 0 saturated carbocycles. The van der Waals surface area contributed by atoms with Crippen LogP contribution in [0.5, 0.6) is 0 Å².